The lowest BCUT2D eigenvalue weighted by atomic mass is 10.1. The summed E-state index contributed by atoms with van der Waals surface area (Å²) in [7, 11) is 0. The maximum absolute atomic E-state index is 12.6. The average Bonchev–Trinajstić information content (AvgIpc) is 3.23. The molecule has 39 heavy (non-hydrogen) atoms. The van der Waals surface area contributed by atoms with Crippen molar-refractivity contribution in [1.29, 1.82) is 0 Å². The van der Waals surface area contributed by atoms with Crippen LogP contribution in [0.4, 0.5) is 17.1 Å². The zero-order chi connectivity index (χ0) is 28.2. The second-order valence-electron chi connectivity index (χ2n) is 9.80. The fourth-order valence-electron chi connectivity index (χ4n) is 4.44. The van der Waals surface area contributed by atoms with Crippen LogP contribution in [0.2, 0.25) is 20.1 Å². The Morgan fingerprint density at radius 3 is 2.05 bits per heavy atom. The number of anilines is 3. The Morgan fingerprint density at radius 2 is 1.44 bits per heavy atom. The molecule has 1 heterocycles. The third-order valence-corrected chi connectivity index (χ3v) is 7.63. The van der Waals surface area contributed by atoms with Crippen molar-refractivity contribution in [3.05, 3.63) is 50.4 Å². The molecular weight excluding hydrogens is 578 g/mol. The van der Waals surface area contributed by atoms with Crippen LogP contribution >= 0.6 is 46.4 Å². The monoisotopic (exact) mass is 612 g/mol. The van der Waals surface area contributed by atoms with Crippen LogP contribution in [0.1, 0.15) is 90.4 Å². The number of hydrogen-bond donors (Lipinski definition) is 2. The fourth-order valence-corrected chi connectivity index (χ4v) is 5.58. The summed E-state index contributed by atoms with van der Waals surface area (Å²) in [6, 6.07) is 8.14. The van der Waals surface area contributed by atoms with Crippen LogP contribution in [0.15, 0.2) is 35.4 Å². The minimum atomic E-state index is -0.309. The van der Waals surface area contributed by atoms with Crippen molar-refractivity contribution < 1.29 is 9.59 Å². The van der Waals surface area contributed by atoms with Crippen LogP contribution in [0.3, 0.4) is 0 Å². The van der Waals surface area contributed by atoms with Crippen LogP contribution in [0.25, 0.3) is 0 Å². The van der Waals surface area contributed by atoms with Gasteiger partial charge in [0.2, 0.25) is 5.91 Å². The van der Waals surface area contributed by atoms with Gasteiger partial charge in [-0.05, 0) is 36.8 Å². The first-order valence-electron chi connectivity index (χ1n) is 13.7. The van der Waals surface area contributed by atoms with Crippen LogP contribution < -0.4 is 15.6 Å². The molecule has 6 nitrogen and oxygen atoms in total. The minimum Gasteiger partial charge on any atom is -0.337 e. The number of hydrogen-bond acceptors (Lipinski definition) is 4. The van der Waals surface area contributed by atoms with Gasteiger partial charge in [0.25, 0.3) is 5.69 Å². The molecule has 0 saturated carbocycles. The standard InChI is InChI=1S/C29H36Cl4N4O2/c1-2-3-4-5-6-7-8-9-10-11-12-13-27(38)34-21-14-15-22(31)25(18-21)35-26-19-28(39)37(36-26)29-23(32)16-20(30)17-24(29)33/h14-18H,2-13,19H2,1H3,(H,34,38)(H,35,36)/q+1. The summed E-state index contributed by atoms with van der Waals surface area (Å²) in [6.07, 6.45) is 14.1. The number of nitrogens with one attached hydrogen (secondary N) is 2. The van der Waals surface area contributed by atoms with Gasteiger partial charge in [0.15, 0.2) is 5.84 Å². The van der Waals surface area contributed by atoms with Gasteiger partial charge < -0.3 is 10.6 Å². The molecule has 0 fully saturated rings. The summed E-state index contributed by atoms with van der Waals surface area (Å²) in [6.45, 7) is 2.24. The molecule has 0 unspecified atom stereocenters. The number of hydrazone groups is 1. The lowest BCUT2D eigenvalue weighted by molar-refractivity contribution is -0.121. The molecule has 2 aromatic rings. The van der Waals surface area contributed by atoms with E-state index in [1.165, 1.54) is 69.9 Å². The van der Waals surface area contributed by atoms with Crippen LogP contribution in [-0.4, -0.2) is 17.6 Å². The first kappa shape index (κ1) is 31.7. The highest BCUT2D eigenvalue weighted by atomic mass is 35.5. The molecule has 1 radical (unpaired) electrons. The van der Waals surface area contributed by atoms with Crippen molar-refractivity contribution in [1.82, 2.24) is 5.01 Å². The molecule has 10 heteroatoms. The highest BCUT2D eigenvalue weighted by Crippen LogP contribution is 2.38. The van der Waals surface area contributed by atoms with E-state index in [1.807, 2.05) is 0 Å². The van der Waals surface area contributed by atoms with E-state index in [1.54, 1.807) is 18.2 Å². The molecule has 0 bridgehead atoms. The Balaban J connectivity index is 1.45. The number of benzene rings is 2. The second-order valence-corrected chi connectivity index (χ2v) is 11.5. The maximum atomic E-state index is 12.6. The van der Waals surface area contributed by atoms with E-state index in [0.717, 1.165) is 17.9 Å². The van der Waals surface area contributed by atoms with Gasteiger partial charge in [-0.25, -0.2) is 4.79 Å². The average molecular weight is 614 g/mol. The minimum absolute atomic E-state index is 0.00105. The number of carbonyl (C=O) groups excluding carboxylic acids is 2. The van der Waals surface area contributed by atoms with Gasteiger partial charge in [0.05, 0.1) is 15.7 Å². The van der Waals surface area contributed by atoms with E-state index in [4.69, 9.17) is 46.4 Å². The summed E-state index contributed by atoms with van der Waals surface area (Å²) >= 11 is 24.9. The van der Waals surface area contributed by atoms with Crippen molar-refractivity contribution in [3.63, 3.8) is 0 Å². The number of rotatable bonds is 15. The third-order valence-electron chi connectivity index (χ3n) is 6.51. The first-order valence-corrected chi connectivity index (χ1v) is 15.2. The highest BCUT2D eigenvalue weighted by Gasteiger charge is 2.42. The van der Waals surface area contributed by atoms with Gasteiger partial charge in [-0.15, -0.1) is 0 Å². The van der Waals surface area contributed by atoms with Gasteiger partial charge in [-0.1, -0.05) is 118 Å². The number of carbonyl (C=O) groups is 2. The predicted molar refractivity (Wildman–Crippen MR) is 165 cm³/mol. The summed E-state index contributed by atoms with van der Waals surface area (Å²) in [4.78, 5) is 25.1. The van der Waals surface area contributed by atoms with Crippen molar-refractivity contribution >= 4 is 81.1 Å². The highest BCUT2D eigenvalue weighted by molar-refractivity contribution is 6.42. The summed E-state index contributed by atoms with van der Waals surface area (Å²) in [5, 5.41) is 12.7. The second kappa shape index (κ2) is 16.4. The topological polar surface area (TPSA) is 76.5 Å². The fraction of sp³-hybridized carbons (Fsp3) is 0.483. The zero-order valence-electron chi connectivity index (χ0n) is 22.3. The quantitative estimate of drug-likeness (QED) is 0.155. The van der Waals surface area contributed by atoms with Crippen molar-refractivity contribution in [3.8, 4) is 0 Å². The smallest absolute Gasteiger partial charge is 0.337 e. The van der Waals surface area contributed by atoms with Crippen molar-refractivity contribution in [2.45, 2.75) is 90.4 Å². The Bertz CT molecular complexity index is 1150. The number of amides is 2. The lowest BCUT2D eigenvalue weighted by Crippen LogP contribution is -2.21. The van der Waals surface area contributed by atoms with Gasteiger partial charge in [-0.3, -0.25) is 4.79 Å². The number of unbranched alkanes of at least 4 members (excludes halogenated alkanes) is 10. The van der Waals surface area contributed by atoms with E-state index < -0.39 is 0 Å². The molecule has 3 rings (SSSR count). The van der Waals surface area contributed by atoms with E-state index >= 15 is 0 Å². The third kappa shape index (κ3) is 10.3. The molecule has 0 spiro atoms. The molecule has 2 N–H and O–H groups in total. The Labute approximate surface area is 251 Å². The summed E-state index contributed by atoms with van der Waals surface area (Å²) < 4.78 is 0. The largest absolute Gasteiger partial charge is 0.404 e. The Kier molecular flexibility index (Phi) is 13.4. The van der Waals surface area contributed by atoms with Gasteiger partial charge >= 0.3 is 5.91 Å². The summed E-state index contributed by atoms with van der Waals surface area (Å²) in [5.74, 6) is 0.0235. The maximum Gasteiger partial charge on any atom is 0.404 e. The van der Waals surface area contributed by atoms with Crippen LogP contribution in [0.5, 0.6) is 0 Å². The predicted octanol–water partition coefficient (Wildman–Crippen LogP) is 10.1. The van der Waals surface area contributed by atoms with Gasteiger partial charge in [0.1, 0.15) is 16.5 Å². The molecule has 211 valence electrons. The van der Waals surface area contributed by atoms with E-state index in [0.29, 0.717) is 33.7 Å². The molecule has 0 saturated heterocycles. The Morgan fingerprint density at radius 1 is 0.846 bits per heavy atom. The molecule has 0 aromatic heterocycles. The van der Waals surface area contributed by atoms with E-state index in [9.17, 15) is 9.59 Å². The van der Waals surface area contributed by atoms with E-state index in [2.05, 4.69) is 22.7 Å². The molecule has 2 aromatic carbocycles. The number of amidine groups is 1. The van der Waals surface area contributed by atoms with Crippen molar-refractivity contribution in [2.24, 2.45) is 5.10 Å². The zero-order valence-corrected chi connectivity index (χ0v) is 25.3. The van der Waals surface area contributed by atoms with Crippen LogP contribution in [-0.2, 0) is 9.59 Å². The van der Waals surface area contributed by atoms with Crippen LogP contribution in [0, 0.1) is 0 Å². The van der Waals surface area contributed by atoms with Crippen molar-refractivity contribution in [2.75, 3.05) is 10.6 Å². The molecule has 1 aliphatic rings. The first-order chi connectivity index (χ1) is 18.8. The lowest BCUT2D eigenvalue weighted by Gasteiger charge is -2.10. The molecule has 1 aliphatic heterocycles. The SMILES string of the molecule is CCCCCCCCCCCCCC(=O)Nc1ccc(Cl)c(NC2=N[N+](c3c(Cl)cc(Cl)cc3Cl)C(=O)C2)c1. The van der Waals surface area contributed by atoms with Gasteiger partial charge in [-0.2, -0.15) is 0 Å². The normalized spacial score (nSPS) is 13.6. The molecule has 2 amide bonds. The summed E-state index contributed by atoms with van der Waals surface area (Å²) in [5.41, 5.74) is 1.39. The van der Waals surface area contributed by atoms with E-state index in [-0.39, 0.29) is 34.0 Å². The Hall–Kier alpha value is -1.83. The number of nitrogens with zero attached hydrogens (tertiary/aromatic N) is 2. The molecule has 0 aliphatic carbocycles. The molecular formula is C29H36Cl4N4O2+. The van der Waals surface area contributed by atoms with Gasteiger partial charge in [0, 0.05) is 22.2 Å². The number of halogens is 4. The molecule has 0 atom stereocenters.